The molecule has 3 N–H and O–H groups in total. The number of nitrogens with one attached hydrogen (secondary N) is 1. The monoisotopic (exact) mass is 454 g/mol. The second-order valence-corrected chi connectivity index (χ2v) is 11.2. The molecule has 1 aromatic heterocycles. The number of rotatable bonds is 7. The van der Waals surface area contributed by atoms with Crippen molar-refractivity contribution < 1.29 is 13.2 Å². The summed E-state index contributed by atoms with van der Waals surface area (Å²) in [6, 6.07) is 14.0. The first-order valence-corrected chi connectivity index (χ1v) is 12.3. The molecular weight excluding hydrogens is 424 g/mol. The first-order chi connectivity index (χ1) is 14.9. The Hall–Kier alpha value is -3.13. The van der Waals surface area contributed by atoms with E-state index >= 15 is 0 Å². The van der Waals surface area contributed by atoms with Crippen LogP contribution in [0.25, 0.3) is 11.1 Å². The maximum Gasteiger partial charge on any atom is 0.251 e. The summed E-state index contributed by atoms with van der Waals surface area (Å²) in [7, 11) is -3.21. The lowest BCUT2D eigenvalue weighted by atomic mass is 9.97. The number of aromatic nitrogens is 2. The standard InChI is InChI=1S/C24H30N4O3S/c1-24(2,3)16-28-22(25)21(15-27-28)18-7-9-19(10-8-18)23(29)26-14-13-17-5-11-20(12-6-17)32(4,30)31/h5-12,15H,13-14,16,25H2,1-4H3,(H,26,29). The maximum absolute atomic E-state index is 12.5. The Morgan fingerprint density at radius 2 is 1.69 bits per heavy atom. The van der Waals surface area contributed by atoms with Crippen molar-refractivity contribution in [3.05, 3.63) is 65.9 Å². The Morgan fingerprint density at radius 1 is 1.06 bits per heavy atom. The third-order valence-corrected chi connectivity index (χ3v) is 6.14. The van der Waals surface area contributed by atoms with Crippen LogP contribution >= 0.6 is 0 Å². The number of nitrogen functional groups attached to an aromatic ring is 1. The molecule has 0 fully saturated rings. The molecule has 0 unspecified atom stereocenters. The summed E-state index contributed by atoms with van der Waals surface area (Å²) in [5, 5.41) is 7.30. The molecular formula is C24H30N4O3S. The topological polar surface area (TPSA) is 107 Å². The highest BCUT2D eigenvalue weighted by atomic mass is 32.2. The van der Waals surface area contributed by atoms with Crippen LogP contribution in [0, 0.1) is 5.41 Å². The van der Waals surface area contributed by atoms with Gasteiger partial charge in [0.05, 0.1) is 11.1 Å². The summed E-state index contributed by atoms with van der Waals surface area (Å²) in [6.45, 7) is 7.56. The van der Waals surface area contributed by atoms with E-state index in [1.165, 1.54) is 6.26 Å². The lowest BCUT2D eigenvalue weighted by molar-refractivity contribution is 0.0954. The maximum atomic E-state index is 12.5. The summed E-state index contributed by atoms with van der Waals surface area (Å²) in [4.78, 5) is 12.8. The average molecular weight is 455 g/mol. The van der Waals surface area contributed by atoms with Crippen LogP contribution in [-0.2, 0) is 22.8 Å². The minimum atomic E-state index is -3.21. The highest BCUT2D eigenvalue weighted by Crippen LogP contribution is 2.28. The number of nitrogens with two attached hydrogens (primary N) is 1. The summed E-state index contributed by atoms with van der Waals surface area (Å²) < 4.78 is 24.9. The molecule has 1 amide bonds. The lowest BCUT2D eigenvalue weighted by Crippen LogP contribution is -2.25. The highest BCUT2D eigenvalue weighted by molar-refractivity contribution is 7.90. The van der Waals surface area contributed by atoms with Gasteiger partial charge in [-0.15, -0.1) is 0 Å². The Labute approximate surface area is 189 Å². The van der Waals surface area contributed by atoms with Gasteiger partial charge in [-0.05, 0) is 47.2 Å². The molecule has 0 aliphatic rings. The normalized spacial score (nSPS) is 12.0. The van der Waals surface area contributed by atoms with Crippen LogP contribution in [0.1, 0.15) is 36.7 Å². The minimum Gasteiger partial charge on any atom is -0.383 e. The lowest BCUT2D eigenvalue weighted by Gasteiger charge is -2.18. The smallest absolute Gasteiger partial charge is 0.251 e. The number of carbonyl (C=O) groups excluding carboxylic acids is 1. The molecule has 0 saturated heterocycles. The minimum absolute atomic E-state index is 0.0646. The van der Waals surface area contributed by atoms with Crippen LogP contribution in [0.2, 0.25) is 0 Å². The molecule has 0 bridgehead atoms. The molecule has 3 rings (SSSR count). The second kappa shape index (κ2) is 9.16. The molecule has 3 aromatic rings. The van der Waals surface area contributed by atoms with Gasteiger partial charge in [-0.3, -0.25) is 4.79 Å². The van der Waals surface area contributed by atoms with Gasteiger partial charge in [-0.1, -0.05) is 45.0 Å². The van der Waals surface area contributed by atoms with Gasteiger partial charge in [0.2, 0.25) is 0 Å². The van der Waals surface area contributed by atoms with E-state index in [1.54, 1.807) is 47.3 Å². The number of hydrogen-bond acceptors (Lipinski definition) is 5. The van der Waals surface area contributed by atoms with Crippen LogP contribution < -0.4 is 11.1 Å². The predicted octanol–water partition coefficient (Wildman–Crippen LogP) is 3.55. The molecule has 0 radical (unpaired) electrons. The van der Waals surface area contributed by atoms with Crippen molar-refractivity contribution in [2.24, 2.45) is 5.41 Å². The van der Waals surface area contributed by atoms with Gasteiger partial charge in [-0.25, -0.2) is 13.1 Å². The van der Waals surface area contributed by atoms with Crippen molar-refractivity contribution in [3.63, 3.8) is 0 Å². The zero-order valence-electron chi connectivity index (χ0n) is 18.9. The van der Waals surface area contributed by atoms with Crippen molar-refractivity contribution >= 4 is 21.6 Å². The van der Waals surface area contributed by atoms with Gasteiger partial charge < -0.3 is 11.1 Å². The molecule has 0 saturated carbocycles. The zero-order valence-corrected chi connectivity index (χ0v) is 19.7. The van der Waals surface area contributed by atoms with E-state index in [0.29, 0.717) is 24.3 Å². The number of sulfone groups is 1. The number of anilines is 1. The van der Waals surface area contributed by atoms with Crippen molar-refractivity contribution in [2.75, 3.05) is 18.5 Å². The molecule has 170 valence electrons. The largest absolute Gasteiger partial charge is 0.383 e. The van der Waals surface area contributed by atoms with Gasteiger partial charge in [0.1, 0.15) is 5.82 Å². The van der Waals surface area contributed by atoms with Crippen molar-refractivity contribution in [3.8, 4) is 11.1 Å². The van der Waals surface area contributed by atoms with E-state index in [0.717, 1.165) is 23.2 Å². The van der Waals surface area contributed by atoms with Crippen LogP contribution in [0.4, 0.5) is 5.82 Å². The summed E-state index contributed by atoms with van der Waals surface area (Å²) in [5.74, 6) is 0.444. The molecule has 0 spiro atoms. The van der Waals surface area contributed by atoms with E-state index in [9.17, 15) is 13.2 Å². The molecule has 7 nitrogen and oxygen atoms in total. The molecule has 2 aromatic carbocycles. The fourth-order valence-corrected chi connectivity index (χ4v) is 3.95. The van der Waals surface area contributed by atoms with Crippen LogP contribution in [0.3, 0.4) is 0 Å². The van der Waals surface area contributed by atoms with E-state index < -0.39 is 9.84 Å². The zero-order chi connectivity index (χ0) is 23.5. The summed E-state index contributed by atoms with van der Waals surface area (Å²) >= 11 is 0. The number of nitrogens with zero attached hydrogens (tertiary/aromatic N) is 2. The fourth-order valence-electron chi connectivity index (χ4n) is 3.32. The first kappa shape index (κ1) is 23.5. The third kappa shape index (κ3) is 5.97. The van der Waals surface area contributed by atoms with Crippen molar-refractivity contribution in [2.45, 2.75) is 38.6 Å². The van der Waals surface area contributed by atoms with E-state index in [1.807, 2.05) is 12.1 Å². The van der Waals surface area contributed by atoms with Crippen LogP contribution in [0.5, 0.6) is 0 Å². The number of carbonyl (C=O) groups is 1. The summed E-state index contributed by atoms with van der Waals surface area (Å²) in [5.41, 5.74) is 9.61. The van der Waals surface area contributed by atoms with Gasteiger partial charge in [-0.2, -0.15) is 5.10 Å². The van der Waals surface area contributed by atoms with Gasteiger partial charge in [0.15, 0.2) is 9.84 Å². The van der Waals surface area contributed by atoms with Crippen molar-refractivity contribution in [1.29, 1.82) is 0 Å². The van der Waals surface area contributed by atoms with E-state index in [2.05, 4.69) is 31.2 Å². The highest BCUT2D eigenvalue weighted by Gasteiger charge is 2.16. The predicted molar refractivity (Wildman–Crippen MR) is 127 cm³/mol. The number of amides is 1. The Bertz CT molecular complexity index is 1190. The molecule has 1 heterocycles. The fraction of sp³-hybridized carbons (Fsp3) is 0.333. The van der Waals surface area contributed by atoms with Crippen LogP contribution in [-0.4, -0.2) is 36.9 Å². The van der Waals surface area contributed by atoms with Gasteiger partial charge >= 0.3 is 0 Å². The number of hydrogen-bond donors (Lipinski definition) is 2. The average Bonchev–Trinajstić information content (AvgIpc) is 3.06. The molecule has 0 atom stereocenters. The first-order valence-electron chi connectivity index (χ1n) is 10.4. The quantitative estimate of drug-likeness (QED) is 0.568. The molecule has 32 heavy (non-hydrogen) atoms. The van der Waals surface area contributed by atoms with E-state index in [4.69, 9.17) is 5.73 Å². The molecule has 0 aliphatic carbocycles. The third-order valence-electron chi connectivity index (χ3n) is 5.01. The number of benzene rings is 2. The van der Waals surface area contributed by atoms with Crippen molar-refractivity contribution in [1.82, 2.24) is 15.1 Å². The molecule has 0 aliphatic heterocycles. The Balaban J connectivity index is 1.59. The summed E-state index contributed by atoms with van der Waals surface area (Å²) in [6.07, 6.45) is 3.54. The van der Waals surface area contributed by atoms with Gasteiger partial charge in [0, 0.05) is 30.5 Å². The van der Waals surface area contributed by atoms with Crippen LogP contribution in [0.15, 0.2) is 59.6 Å². The van der Waals surface area contributed by atoms with E-state index in [-0.39, 0.29) is 16.2 Å². The van der Waals surface area contributed by atoms with Gasteiger partial charge in [0.25, 0.3) is 5.91 Å². The Morgan fingerprint density at radius 3 is 2.25 bits per heavy atom. The second-order valence-electron chi connectivity index (χ2n) is 9.16. The Kier molecular flexibility index (Phi) is 6.74. The SMILES string of the molecule is CC(C)(C)Cn1ncc(-c2ccc(C(=O)NCCc3ccc(S(C)(=O)=O)cc3)cc2)c1N. The molecule has 8 heteroatoms.